The van der Waals surface area contributed by atoms with Crippen molar-refractivity contribution < 1.29 is 9.53 Å². The molecule has 1 saturated heterocycles. The lowest BCUT2D eigenvalue weighted by Gasteiger charge is -2.20. The highest BCUT2D eigenvalue weighted by Gasteiger charge is 2.19. The van der Waals surface area contributed by atoms with Crippen LogP contribution in [0, 0.1) is 0 Å². The predicted octanol–water partition coefficient (Wildman–Crippen LogP) is 0.392. The summed E-state index contributed by atoms with van der Waals surface area (Å²) in [4.78, 5) is 14.2. The van der Waals surface area contributed by atoms with Gasteiger partial charge in [-0.2, -0.15) is 5.10 Å². The molecule has 1 aromatic heterocycles. The SMILES string of the molecule is CCOC(=O)c1cnn(C)c1CN1CCCNCC1. The summed E-state index contributed by atoms with van der Waals surface area (Å²) < 4.78 is 6.84. The quantitative estimate of drug-likeness (QED) is 0.799. The summed E-state index contributed by atoms with van der Waals surface area (Å²) in [5.74, 6) is -0.279. The average molecular weight is 266 g/mol. The van der Waals surface area contributed by atoms with Crippen molar-refractivity contribution in [1.82, 2.24) is 20.0 Å². The number of ether oxygens (including phenoxy) is 1. The molecule has 2 heterocycles. The normalized spacial score (nSPS) is 17.2. The first kappa shape index (κ1) is 14.0. The fourth-order valence-corrected chi connectivity index (χ4v) is 2.30. The Bertz CT molecular complexity index is 422. The van der Waals surface area contributed by atoms with Crippen LogP contribution >= 0.6 is 0 Å². The monoisotopic (exact) mass is 266 g/mol. The third-order valence-electron chi connectivity index (χ3n) is 3.36. The molecule has 0 saturated carbocycles. The summed E-state index contributed by atoms with van der Waals surface area (Å²) in [5.41, 5.74) is 1.52. The van der Waals surface area contributed by atoms with Crippen molar-refractivity contribution >= 4 is 5.97 Å². The maximum Gasteiger partial charge on any atom is 0.341 e. The van der Waals surface area contributed by atoms with Gasteiger partial charge in [-0.25, -0.2) is 4.79 Å². The molecular formula is C13H22N4O2. The van der Waals surface area contributed by atoms with E-state index < -0.39 is 0 Å². The highest BCUT2D eigenvalue weighted by Crippen LogP contribution is 2.13. The Morgan fingerprint density at radius 2 is 2.32 bits per heavy atom. The zero-order valence-electron chi connectivity index (χ0n) is 11.7. The fraction of sp³-hybridized carbons (Fsp3) is 0.692. The molecule has 6 heteroatoms. The first-order chi connectivity index (χ1) is 9.22. The number of aryl methyl sites for hydroxylation is 1. The van der Waals surface area contributed by atoms with Gasteiger partial charge in [-0.15, -0.1) is 0 Å². The number of hydrogen-bond acceptors (Lipinski definition) is 5. The average Bonchev–Trinajstić information content (AvgIpc) is 2.61. The lowest BCUT2D eigenvalue weighted by molar-refractivity contribution is 0.0523. The smallest absolute Gasteiger partial charge is 0.341 e. The Kier molecular flexibility index (Phi) is 4.93. The van der Waals surface area contributed by atoms with E-state index >= 15 is 0 Å². The van der Waals surface area contributed by atoms with E-state index in [0.29, 0.717) is 12.2 Å². The molecule has 106 valence electrons. The van der Waals surface area contributed by atoms with Gasteiger partial charge in [0.1, 0.15) is 5.56 Å². The van der Waals surface area contributed by atoms with Crippen molar-refractivity contribution in [2.24, 2.45) is 7.05 Å². The van der Waals surface area contributed by atoms with E-state index in [0.717, 1.165) is 44.8 Å². The van der Waals surface area contributed by atoms with Gasteiger partial charge < -0.3 is 10.1 Å². The van der Waals surface area contributed by atoms with E-state index in [1.54, 1.807) is 10.9 Å². The Balaban J connectivity index is 2.09. The zero-order chi connectivity index (χ0) is 13.7. The third kappa shape index (κ3) is 3.54. The van der Waals surface area contributed by atoms with Crippen molar-refractivity contribution in [3.63, 3.8) is 0 Å². The first-order valence-electron chi connectivity index (χ1n) is 6.83. The van der Waals surface area contributed by atoms with Crippen molar-refractivity contribution in [3.8, 4) is 0 Å². The van der Waals surface area contributed by atoms with Crippen LogP contribution in [0.2, 0.25) is 0 Å². The van der Waals surface area contributed by atoms with E-state index in [4.69, 9.17) is 4.74 Å². The molecule has 1 aliphatic heterocycles. The van der Waals surface area contributed by atoms with E-state index in [2.05, 4.69) is 15.3 Å². The molecule has 0 atom stereocenters. The minimum Gasteiger partial charge on any atom is -0.462 e. The number of rotatable bonds is 4. The van der Waals surface area contributed by atoms with Crippen molar-refractivity contribution in [2.45, 2.75) is 19.9 Å². The van der Waals surface area contributed by atoms with Gasteiger partial charge in [-0.3, -0.25) is 9.58 Å². The number of hydrogen-bond donors (Lipinski definition) is 1. The molecule has 0 unspecified atom stereocenters. The molecule has 19 heavy (non-hydrogen) atoms. The Hall–Kier alpha value is -1.40. The molecule has 0 aromatic carbocycles. The highest BCUT2D eigenvalue weighted by atomic mass is 16.5. The van der Waals surface area contributed by atoms with Crippen LogP contribution in [-0.2, 0) is 18.3 Å². The van der Waals surface area contributed by atoms with Gasteiger partial charge in [0.2, 0.25) is 0 Å². The fourth-order valence-electron chi connectivity index (χ4n) is 2.30. The summed E-state index contributed by atoms with van der Waals surface area (Å²) in [7, 11) is 1.87. The van der Waals surface area contributed by atoms with Crippen LogP contribution in [0.25, 0.3) is 0 Å². The number of aromatic nitrogens is 2. The van der Waals surface area contributed by atoms with Crippen LogP contribution in [0.5, 0.6) is 0 Å². The minimum atomic E-state index is -0.279. The van der Waals surface area contributed by atoms with Gasteiger partial charge in [-0.1, -0.05) is 0 Å². The van der Waals surface area contributed by atoms with E-state index in [9.17, 15) is 4.79 Å². The van der Waals surface area contributed by atoms with Gasteiger partial charge in [0.15, 0.2) is 0 Å². The molecule has 6 nitrogen and oxygen atoms in total. The Labute approximate surface area is 113 Å². The second-order valence-corrected chi connectivity index (χ2v) is 4.73. The summed E-state index contributed by atoms with van der Waals surface area (Å²) >= 11 is 0. The largest absolute Gasteiger partial charge is 0.462 e. The maximum atomic E-state index is 11.9. The van der Waals surface area contributed by atoms with Crippen LogP contribution in [0.3, 0.4) is 0 Å². The van der Waals surface area contributed by atoms with E-state index in [-0.39, 0.29) is 5.97 Å². The lowest BCUT2D eigenvalue weighted by atomic mass is 10.2. The summed E-state index contributed by atoms with van der Waals surface area (Å²) in [6.07, 6.45) is 2.73. The van der Waals surface area contributed by atoms with Crippen molar-refractivity contribution in [1.29, 1.82) is 0 Å². The lowest BCUT2D eigenvalue weighted by Crippen LogP contribution is -2.29. The Morgan fingerprint density at radius 3 is 3.11 bits per heavy atom. The van der Waals surface area contributed by atoms with Gasteiger partial charge >= 0.3 is 5.97 Å². The molecule has 0 amide bonds. The number of esters is 1. The number of carbonyl (C=O) groups excluding carboxylic acids is 1. The molecule has 1 aliphatic rings. The van der Waals surface area contributed by atoms with Gasteiger partial charge in [0.25, 0.3) is 0 Å². The summed E-state index contributed by atoms with van der Waals surface area (Å²) in [6.45, 7) is 7.04. The van der Waals surface area contributed by atoms with Crippen LogP contribution in [0.4, 0.5) is 0 Å². The molecule has 0 radical (unpaired) electrons. The number of nitrogens with zero attached hydrogens (tertiary/aromatic N) is 3. The molecule has 2 rings (SSSR count). The van der Waals surface area contributed by atoms with Crippen molar-refractivity contribution in [3.05, 3.63) is 17.5 Å². The molecule has 0 bridgehead atoms. The van der Waals surface area contributed by atoms with Crippen molar-refractivity contribution in [2.75, 3.05) is 32.8 Å². The summed E-state index contributed by atoms with van der Waals surface area (Å²) in [5, 5.41) is 7.56. The van der Waals surface area contributed by atoms with Gasteiger partial charge in [-0.05, 0) is 26.4 Å². The molecule has 0 aliphatic carbocycles. The zero-order valence-corrected chi connectivity index (χ0v) is 11.7. The molecule has 1 aromatic rings. The predicted molar refractivity (Wildman–Crippen MR) is 71.9 cm³/mol. The highest BCUT2D eigenvalue weighted by molar-refractivity contribution is 5.90. The molecule has 1 N–H and O–H groups in total. The molecule has 1 fully saturated rings. The summed E-state index contributed by atoms with van der Waals surface area (Å²) in [6, 6.07) is 0. The minimum absolute atomic E-state index is 0.279. The standard InChI is InChI=1S/C13H22N4O2/c1-3-19-13(18)11-9-15-16(2)12(11)10-17-7-4-5-14-6-8-17/h9,14H,3-8,10H2,1-2H3. The Morgan fingerprint density at radius 1 is 1.47 bits per heavy atom. The maximum absolute atomic E-state index is 11.9. The molecular weight excluding hydrogens is 244 g/mol. The second kappa shape index (κ2) is 6.68. The topological polar surface area (TPSA) is 59.4 Å². The number of nitrogens with one attached hydrogen (secondary N) is 1. The third-order valence-corrected chi connectivity index (χ3v) is 3.36. The van der Waals surface area contributed by atoms with Gasteiger partial charge in [0.05, 0.1) is 18.5 Å². The van der Waals surface area contributed by atoms with E-state index in [1.165, 1.54) is 0 Å². The molecule has 0 spiro atoms. The first-order valence-corrected chi connectivity index (χ1v) is 6.83. The van der Waals surface area contributed by atoms with Crippen LogP contribution in [-0.4, -0.2) is 53.4 Å². The second-order valence-electron chi connectivity index (χ2n) is 4.73. The number of carbonyl (C=O) groups is 1. The van der Waals surface area contributed by atoms with Gasteiger partial charge in [0, 0.05) is 26.7 Å². The van der Waals surface area contributed by atoms with Crippen LogP contribution in [0.15, 0.2) is 6.20 Å². The van der Waals surface area contributed by atoms with Crippen LogP contribution in [0.1, 0.15) is 29.4 Å². The van der Waals surface area contributed by atoms with E-state index in [1.807, 2.05) is 14.0 Å². The van der Waals surface area contributed by atoms with Crippen LogP contribution < -0.4 is 5.32 Å².